The summed E-state index contributed by atoms with van der Waals surface area (Å²) >= 11 is 3.36. The molecule has 0 amide bonds. The number of hydrogen-bond donors (Lipinski definition) is 1. The molecule has 0 atom stereocenters. The van der Waals surface area contributed by atoms with E-state index in [4.69, 9.17) is 5.73 Å². The highest BCUT2D eigenvalue weighted by atomic mass is 79.9. The zero-order valence-electron chi connectivity index (χ0n) is 9.55. The fraction of sp³-hybridized carbons (Fsp3) is 0.273. The summed E-state index contributed by atoms with van der Waals surface area (Å²) in [6.07, 6.45) is 3.40. The van der Waals surface area contributed by atoms with E-state index < -0.39 is 0 Å². The van der Waals surface area contributed by atoms with Crippen molar-refractivity contribution in [3.63, 3.8) is 0 Å². The monoisotopic (exact) mass is 293 g/mol. The molecule has 88 valence electrons. The Hall–Kier alpha value is -1.56. The van der Waals surface area contributed by atoms with E-state index in [1.807, 2.05) is 19.9 Å². The van der Waals surface area contributed by atoms with Gasteiger partial charge in [0.05, 0.1) is 0 Å². The molecule has 0 aliphatic heterocycles. The lowest BCUT2D eigenvalue weighted by Gasteiger charge is -2.07. The number of anilines is 1. The normalized spacial score (nSPS) is 10.8. The summed E-state index contributed by atoms with van der Waals surface area (Å²) in [4.78, 5) is 16.7. The average molecular weight is 294 g/mol. The first-order chi connectivity index (χ1) is 8.06. The van der Waals surface area contributed by atoms with E-state index in [1.165, 1.54) is 0 Å². The molecule has 17 heavy (non-hydrogen) atoms. The van der Waals surface area contributed by atoms with Gasteiger partial charge in [0.1, 0.15) is 5.82 Å². The molecule has 0 radical (unpaired) electrons. The van der Waals surface area contributed by atoms with Crippen molar-refractivity contribution in [2.24, 2.45) is 0 Å². The van der Waals surface area contributed by atoms with Crippen LogP contribution < -0.4 is 5.73 Å². The number of halogens is 1. The lowest BCUT2D eigenvalue weighted by molar-refractivity contribution is 0.767. The van der Waals surface area contributed by atoms with Crippen LogP contribution in [0.25, 0.3) is 11.4 Å². The molecular formula is C11H12BrN5. The lowest BCUT2D eigenvalue weighted by Crippen LogP contribution is -2.06. The number of aromatic nitrogens is 4. The second kappa shape index (κ2) is 4.75. The maximum Gasteiger partial charge on any atom is 0.223 e. The Morgan fingerprint density at radius 3 is 2.59 bits per heavy atom. The van der Waals surface area contributed by atoms with E-state index in [0.29, 0.717) is 11.6 Å². The van der Waals surface area contributed by atoms with Gasteiger partial charge in [-0.05, 0) is 22.0 Å². The molecule has 0 unspecified atom stereocenters. The molecule has 2 N–H and O–H groups in total. The van der Waals surface area contributed by atoms with E-state index in [2.05, 4.69) is 35.9 Å². The van der Waals surface area contributed by atoms with Gasteiger partial charge in [-0.2, -0.15) is 9.97 Å². The van der Waals surface area contributed by atoms with Crippen molar-refractivity contribution in [2.45, 2.75) is 19.8 Å². The highest BCUT2D eigenvalue weighted by Gasteiger charge is 2.10. The molecule has 2 aromatic rings. The van der Waals surface area contributed by atoms with Crippen molar-refractivity contribution in [1.82, 2.24) is 19.9 Å². The van der Waals surface area contributed by atoms with Crippen LogP contribution in [0, 0.1) is 0 Å². The van der Waals surface area contributed by atoms with E-state index in [9.17, 15) is 0 Å². The quantitative estimate of drug-likeness (QED) is 0.920. The van der Waals surface area contributed by atoms with Crippen LogP contribution in [0.1, 0.15) is 25.6 Å². The van der Waals surface area contributed by atoms with Gasteiger partial charge in [-0.25, -0.2) is 4.98 Å². The maximum atomic E-state index is 5.68. The third-order valence-corrected chi connectivity index (χ3v) is 2.58. The predicted molar refractivity (Wildman–Crippen MR) is 69.3 cm³/mol. The lowest BCUT2D eigenvalue weighted by atomic mass is 10.2. The summed E-state index contributed by atoms with van der Waals surface area (Å²) in [5.74, 6) is 1.68. The standard InChI is InChI=1S/C11H12BrN5/c1-6(2)9-15-10(17-11(13)16-9)7-3-8(12)5-14-4-7/h3-6H,1-2H3,(H2,13,15,16,17). The van der Waals surface area contributed by atoms with Crippen LogP contribution >= 0.6 is 15.9 Å². The minimum absolute atomic E-state index is 0.208. The third kappa shape index (κ3) is 2.76. The molecule has 0 aliphatic rings. The molecule has 0 saturated heterocycles. The van der Waals surface area contributed by atoms with Gasteiger partial charge < -0.3 is 5.73 Å². The summed E-state index contributed by atoms with van der Waals surface area (Å²) < 4.78 is 0.875. The predicted octanol–water partition coefficient (Wildman–Crippen LogP) is 2.40. The molecule has 5 nitrogen and oxygen atoms in total. The van der Waals surface area contributed by atoms with Gasteiger partial charge >= 0.3 is 0 Å². The Kier molecular flexibility index (Phi) is 3.33. The molecule has 0 aliphatic carbocycles. The van der Waals surface area contributed by atoms with Gasteiger partial charge in [0.2, 0.25) is 5.95 Å². The molecule has 2 heterocycles. The zero-order valence-corrected chi connectivity index (χ0v) is 11.1. The van der Waals surface area contributed by atoms with Crippen molar-refractivity contribution < 1.29 is 0 Å². The molecule has 0 fully saturated rings. The first-order valence-corrected chi connectivity index (χ1v) is 5.98. The van der Waals surface area contributed by atoms with Gasteiger partial charge in [-0.15, -0.1) is 0 Å². The fourth-order valence-electron chi connectivity index (χ4n) is 1.33. The van der Waals surface area contributed by atoms with E-state index in [0.717, 1.165) is 10.0 Å². The summed E-state index contributed by atoms with van der Waals surface area (Å²) in [5.41, 5.74) is 6.49. The Labute approximate surface area is 108 Å². The van der Waals surface area contributed by atoms with Gasteiger partial charge in [-0.3, -0.25) is 4.98 Å². The van der Waals surface area contributed by atoms with Crippen LogP contribution in [0.2, 0.25) is 0 Å². The van der Waals surface area contributed by atoms with Crippen LogP contribution in [-0.4, -0.2) is 19.9 Å². The summed E-state index contributed by atoms with van der Waals surface area (Å²) in [6.45, 7) is 4.02. The van der Waals surface area contributed by atoms with Crippen molar-refractivity contribution in [1.29, 1.82) is 0 Å². The molecule has 0 aromatic carbocycles. The molecule has 0 spiro atoms. The summed E-state index contributed by atoms with van der Waals surface area (Å²) in [7, 11) is 0. The van der Waals surface area contributed by atoms with Crippen LogP contribution in [0.15, 0.2) is 22.9 Å². The van der Waals surface area contributed by atoms with E-state index in [-0.39, 0.29) is 11.9 Å². The van der Waals surface area contributed by atoms with Crippen LogP contribution in [0.5, 0.6) is 0 Å². The Morgan fingerprint density at radius 2 is 1.94 bits per heavy atom. The minimum Gasteiger partial charge on any atom is -0.368 e. The third-order valence-electron chi connectivity index (χ3n) is 2.15. The molecule has 2 rings (SSSR count). The van der Waals surface area contributed by atoms with Crippen molar-refractivity contribution in [2.75, 3.05) is 5.73 Å². The summed E-state index contributed by atoms with van der Waals surface area (Å²) in [5, 5.41) is 0. The molecule has 6 heteroatoms. The Bertz CT molecular complexity index is 541. The Balaban J connectivity index is 2.52. The van der Waals surface area contributed by atoms with Crippen LogP contribution in [0.3, 0.4) is 0 Å². The second-order valence-corrected chi connectivity index (χ2v) is 4.84. The highest BCUT2D eigenvalue weighted by Crippen LogP contribution is 2.20. The van der Waals surface area contributed by atoms with Crippen LogP contribution in [-0.2, 0) is 0 Å². The minimum atomic E-state index is 0.208. The topological polar surface area (TPSA) is 77.6 Å². The molecular weight excluding hydrogens is 282 g/mol. The van der Waals surface area contributed by atoms with E-state index >= 15 is 0 Å². The molecule has 2 aromatic heterocycles. The second-order valence-electron chi connectivity index (χ2n) is 3.92. The van der Waals surface area contributed by atoms with Gasteiger partial charge in [0.15, 0.2) is 5.82 Å². The highest BCUT2D eigenvalue weighted by molar-refractivity contribution is 9.10. The van der Waals surface area contributed by atoms with Gasteiger partial charge in [0, 0.05) is 28.3 Å². The number of rotatable bonds is 2. The number of nitrogen functional groups attached to an aromatic ring is 1. The Morgan fingerprint density at radius 1 is 1.18 bits per heavy atom. The smallest absolute Gasteiger partial charge is 0.223 e. The van der Waals surface area contributed by atoms with Crippen molar-refractivity contribution in [3.8, 4) is 11.4 Å². The first-order valence-electron chi connectivity index (χ1n) is 5.18. The molecule has 0 saturated carbocycles. The average Bonchev–Trinajstić information content (AvgIpc) is 2.28. The van der Waals surface area contributed by atoms with Gasteiger partial charge in [-0.1, -0.05) is 13.8 Å². The number of nitrogens with two attached hydrogens (primary N) is 1. The number of hydrogen-bond acceptors (Lipinski definition) is 5. The van der Waals surface area contributed by atoms with E-state index in [1.54, 1.807) is 12.4 Å². The summed E-state index contributed by atoms with van der Waals surface area (Å²) in [6, 6.07) is 1.89. The maximum absolute atomic E-state index is 5.68. The number of pyridine rings is 1. The zero-order chi connectivity index (χ0) is 12.4. The largest absolute Gasteiger partial charge is 0.368 e. The molecule has 0 bridgehead atoms. The SMILES string of the molecule is CC(C)c1nc(N)nc(-c2cncc(Br)c2)n1. The van der Waals surface area contributed by atoms with Gasteiger partial charge in [0.25, 0.3) is 0 Å². The number of nitrogens with zero attached hydrogens (tertiary/aromatic N) is 4. The van der Waals surface area contributed by atoms with Crippen molar-refractivity contribution >= 4 is 21.9 Å². The van der Waals surface area contributed by atoms with Crippen LogP contribution in [0.4, 0.5) is 5.95 Å². The van der Waals surface area contributed by atoms with Crippen molar-refractivity contribution in [3.05, 3.63) is 28.8 Å². The fourth-order valence-corrected chi connectivity index (χ4v) is 1.70. The first kappa shape index (κ1) is 11.9.